The molecule has 0 spiro atoms. The zero-order chi connectivity index (χ0) is 10.5. The number of ether oxygens (including phenoxy) is 1. The van der Waals surface area contributed by atoms with Gasteiger partial charge in [0, 0.05) is 25.4 Å². The third kappa shape index (κ3) is 3.45. The van der Waals surface area contributed by atoms with Crippen molar-refractivity contribution in [3.05, 3.63) is 29.0 Å². The number of nitrogens with one attached hydrogen (secondary N) is 1. The van der Waals surface area contributed by atoms with Crippen LogP contribution >= 0.6 is 11.6 Å². The van der Waals surface area contributed by atoms with Crippen LogP contribution in [0.25, 0.3) is 0 Å². The van der Waals surface area contributed by atoms with Crippen LogP contribution in [-0.2, 0) is 11.3 Å². The fourth-order valence-corrected chi connectivity index (χ4v) is 1.77. The Morgan fingerprint density at radius 3 is 3.13 bits per heavy atom. The van der Waals surface area contributed by atoms with Crippen LogP contribution in [0, 0.1) is 0 Å². The molecule has 1 saturated heterocycles. The van der Waals surface area contributed by atoms with Crippen molar-refractivity contribution >= 4 is 11.6 Å². The normalized spacial score (nSPS) is 21.5. The zero-order valence-corrected chi connectivity index (χ0v) is 9.33. The maximum atomic E-state index is 5.76. The molecule has 3 nitrogen and oxygen atoms in total. The van der Waals surface area contributed by atoms with Crippen LogP contribution in [0.2, 0.25) is 5.02 Å². The molecular formula is C11H15ClN2O. The summed E-state index contributed by atoms with van der Waals surface area (Å²) in [6, 6.07) is 4.28. The van der Waals surface area contributed by atoms with Crippen molar-refractivity contribution in [2.45, 2.75) is 25.4 Å². The van der Waals surface area contributed by atoms with E-state index < -0.39 is 0 Å². The van der Waals surface area contributed by atoms with Crippen molar-refractivity contribution in [2.75, 3.05) is 13.2 Å². The van der Waals surface area contributed by atoms with Gasteiger partial charge in [-0.15, -0.1) is 0 Å². The van der Waals surface area contributed by atoms with Crippen LogP contribution < -0.4 is 5.32 Å². The molecule has 0 aliphatic carbocycles. The summed E-state index contributed by atoms with van der Waals surface area (Å²) in [4.78, 5) is 4.23. The number of pyridine rings is 1. The molecule has 1 aromatic rings. The van der Waals surface area contributed by atoms with Crippen molar-refractivity contribution in [1.82, 2.24) is 10.3 Å². The van der Waals surface area contributed by atoms with E-state index in [1.165, 1.54) is 6.42 Å². The Hall–Kier alpha value is -0.640. The van der Waals surface area contributed by atoms with E-state index in [1.807, 2.05) is 12.1 Å². The summed E-state index contributed by atoms with van der Waals surface area (Å²) < 4.78 is 5.39. The molecule has 0 saturated carbocycles. The molecule has 82 valence electrons. The van der Waals surface area contributed by atoms with Gasteiger partial charge in [0.05, 0.1) is 17.3 Å². The summed E-state index contributed by atoms with van der Waals surface area (Å²) in [7, 11) is 0. The zero-order valence-electron chi connectivity index (χ0n) is 8.58. The molecule has 2 rings (SSSR count). The van der Waals surface area contributed by atoms with Crippen molar-refractivity contribution in [2.24, 2.45) is 0 Å². The van der Waals surface area contributed by atoms with Crippen LogP contribution in [0.15, 0.2) is 18.3 Å². The molecule has 0 bridgehead atoms. The molecule has 0 aromatic carbocycles. The van der Waals surface area contributed by atoms with Crippen LogP contribution in [0.3, 0.4) is 0 Å². The maximum absolute atomic E-state index is 5.76. The molecule has 1 unspecified atom stereocenters. The second-order valence-electron chi connectivity index (χ2n) is 3.76. The van der Waals surface area contributed by atoms with Gasteiger partial charge in [-0.05, 0) is 25.0 Å². The fourth-order valence-electron chi connectivity index (χ4n) is 1.66. The molecule has 0 radical (unpaired) electrons. The number of aromatic nitrogens is 1. The molecule has 1 fully saturated rings. The number of nitrogens with zero attached hydrogens (tertiary/aromatic N) is 1. The van der Waals surface area contributed by atoms with E-state index in [9.17, 15) is 0 Å². The van der Waals surface area contributed by atoms with Gasteiger partial charge >= 0.3 is 0 Å². The van der Waals surface area contributed by atoms with Gasteiger partial charge in [-0.1, -0.05) is 11.6 Å². The summed E-state index contributed by atoms with van der Waals surface area (Å²) in [5.41, 5.74) is 1.02. The van der Waals surface area contributed by atoms with Gasteiger partial charge in [-0.2, -0.15) is 0 Å². The van der Waals surface area contributed by atoms with Crippen molar-refractivity contribution in [1.29, 1.82) is 0 Å². The van der Waals surface area contributed by atoms with Crippen LogP contribution in [0.4, 0.5) is 0 Å². The Labute approximate surface area is 94.8 Å². The van der Waals surface area contributed by atoms with E-state index in [-0.39, 0.29) is 0 Å². The second-order valence-corrected chi connectivity index (χ2v) is 4.20. The van der Waals surface area contributed by atoms with Crippen LogP contribution in [-0.4, -0.2) is 24.2 Å². The number of rotatable bonds is 3. The highest BCUT2D eigenvalue weighted by Gasteiger charge is 2.12. The van der Waals surface area contributed by atoms with E-state index in [0.717, 1.165) is 31.9 Å². The highest BCUT2D eigenvalue weighted by molar-refractivity contribution is 6.30. The van der Waals surface area contributed by atoms with Gasteiger partial charge in [0.2, 0.25) is 0 Å². The summed E-state index contributed by atoms with van der Waals surface area (Å²) >= 11 is 5.76. The molecule has 1 atom stereocenters. The van der Waals surface area contributed by atoms with E-state index in [1.54, 1.807) is 6.20 Å². The first-order valence-corrected chi connectivity index (χ1v) is 5.64. The molecule has 1 aliphatic rings. The predicted octanol–water partition coefficient (Wildman–Crippen LogP) is 2.00. The lowest BCUT2D eigenvalue weighted by Gasteiger charge is -2.22. The fraction of sp³-hybridized carbons (Fsp3) is 0.545. The van der Waals surface area contributed by atoms with Gasteiger partial charge in [-0.25, -0.2) is 0 Å². The quantitative estimate of drug-likeness (QED) is 0.856. The monoisotopic (exact) mass is 226 g/mol. The minimum absolute atomic E-state index is 0.469. The Balaban J connectivity index is 1.79. The van der Waals surface area contributed by atoms with E-state index in [0.29, 0.717) is 11.1 Å². The van der Waals surface area contributed by atoms with E-state index >= 15 is 0 Å². The second kappa shape index (κ2) is 5.45. The number of halogens is 1. The lowest BCUT2D eigenvalue weighted by molar-refractivity contribution is 0.0698. The molecule has 1 N–H and O–H groups in total. The minimum atomic E-state index is 0.469. The molecule has 1 aliphatic heterocycles. The third-order valence-electron chi connectivity index (χ3n) is 2.52. The molecule has 2 heterocycles. The summed E-state index contributed by atoms with van der Waals surface area (Å²) in [6.07, 6.45) is 4.01. The lowest BCUT2D eigenvalue weighted by atomic mass is 10.1. The highest BCUT2D eigenvalue weighted by Crippen LogP contribution is 2.08. The van der Waals surface area contributed by atoms with Gasteiger partial charge in [0.15, 0.2) is 0 Å². The predicted molar refractivity (Wildman–Crippen MR) is 59.9 cm³/mol. The smallest absolute Gasteiger partial charge is 0.0619 e. The first-order chi connectivity index (χ1) is 7.34. The summed E-state index contributed by atoms with van der Waals surface area (Å²) in [5, 5.41) is 4.11. The lowest BCUT2D eigenvalue weighted by Crippen LogP contribution is -2.36. The Morgan fingerprint density at radius 1 is 1.53 bits per heavy atom. The van der Waals surface area contributed by atoms with Gasteiger partial charge < -0.3 is 10.1 Å². The summed E-state index contributed by atoms with van der Waals surface area (Å²) in [6.45, 7) is 2.50. The standard InChI is InChI=1S/C11H15ClN2O/c12-9-3-4-10(13-6-9)7-14-11-2-1-5-15-8-11/h3-4,6,11,14H,1-2,5,7-8H2. The third-order valence-corrected chi connectivity index (χ3v) is 2.74. The SMILES string of the molecule is Clc1ccc(CNC2CCCOC2)nc1. The molecule has 0 amide bonds. The largest absolute Gasteiger partial charge is 0.380 e. The van der Waals surface area contributed by atoms with E-state index in [2.05, 4.69) is 10.3 Å². The van der Waals surface area contributed by atoms with E-state index in [4.69, 9.17) is 16.3 Å². The first-order valence-electron chi connectivity index (χ1n) is 5.26. The first kappa shape index (κ1) is 10.9. The van der Waals surface area contributed by atoms with Gasteiger partial charge in [-0.3, -0.25) is 4.98 Å². The van der Waals surface area contributed by atoms with Crippen molar-refractivity contribution in [3.8, 4) is 0 Å². The Bertz CT molecular complexity index is 296. The highest BCUT2D eigenvalue weighted by atomic mass is 35.5. The minimum Gasteiger partial charge on any atom is -0.380 e. The number of hydrogen-bond acceptors (Lipinski definition) is 3. The summed E-state index contributed by atoms with van der Waals surface area (Å²) in [5.74, 6) is 0. The average molecular weight is 227 g/mol. The van der Waals surface area contributed by atoms with Crippen molar-refractivity contribution in [3.63, 3.8) is 0 Å². The molecule has 1 aromatic heterocycles. The molecule has 15 heavy (non-hydrogen) atoms. The maximum Gasteiger partial charge on any atom is 0.0619 e. The van der Waals surface area contributed by atoms with Crippen LogP contribution in [0.5, 0.6) is 0 Å². The van der Waals surface area contributed by atoms with Gasteiger partial charge in [0.25, 0.3) is 0 Å². The average Bonchev–Trinajstić information content (AvgIpc) is 2.30. The topological polar surface area (TPSA) is 34.1 Å². The number of hydrogen-bond donors (Lipinski definition) is 1. The Morgan fingerprint density at radius 2 is 2.47 bits per heavy atom. The van der Waals surface area contributed by atoms with Gasteiger partial charge in [0.1, 0.15) is 0 Å². The van der Waals surface area contributed by atoms with Crippen molar-refractivity contribution < 1.29 is 4.74 Å². The molecular weight excluding hydrogens is 212 g/mol. The Kier molecular flexibility index (Phi) is 3.94. The molecule has 4 heteroatoms. The van der Waals surface area contributed by atoms with Crippen LogP contribution in [0.1, 0.15) is 18.5 Å².